The minimum atomic E-state index is -0.646. The molecule has 0 spiro atoms. The highest BCUT2D eigenvalue weighted by Gasteiger charge is 2.27. The number of benzene rings is 1. The normalized spacial score (nSPS) is 14.5. The number of alkyl carbamates (subject to hydrolysis) is 1. The second kappa shape index (κ2) is 10.7. The molecule has 0 aromatic heterocycles. The van der Waals surface area contributed by atoms with Gasteiger partial charge in [0.2, 0.25) is 5.91 Å². The summed E-state index contributed by atoms with van der Waals surface area (Å²) in [5.74, 6) is 0.0691. The van der Waals surface area contributed by atoms with E-state index in [2.05, 4.69) is 10.6 Å². The third-order valence-electron chi connectivity index (χ3n) is 4.53. The Kier molecular flexibility index (Phi) is 8.46. The Morgan fingerprint density at radius 2 is 1.88 bits per heavy atom. The lowest BCUT2D eigenvalue weighted by molar-refractivity contribution is -0.123. The number of amides is 3. The highest BCUT2D eigenvalue weighted by Crippen LogP contribution is 2.24. The number of ether oxygens (including phenoxy) is 2. The molecule has 0 unspecified atom stereocenters. The lowest BCUT2D eigenvalue weighted by atomic mass is 9.98. The summed E-state index contributed by atoms with van der Waals surface area (Å²) < 4.78 is 24.0. The summed E-state index contributed by atoms with van der Waals surface area (Å²) in [6.07, 6.45) is 0.322. The van der Waals surface area contributed by atoms with Crippen molar-refractivity contribution < 1.29 is 28.2 Å². The van der Waals surface area contributed by atoms with Crippen molar-refractivity contribution >= 4 is 17.9 Å². The van der Waals surface area contributed by atoms with E-state index in [4.69, 9.17) is 9.47 Å². The highest BCUT2D eigenvalue weighted by molar-refractivity contribution is 5.99. The van der Waals surface area contributed by atoms with Crippen molar-refractivity contribution in [3.05, 3.63) is 41.2 Å². The number of hydrogen-bond acceptors (Lipinski definition) is 5. The quantitative estimate of drug-likeness (QED) is 0.646. The van der Waals surface area contributed by atoms with Gasteiger partial charge in [-0.3, -0.25) is 9.59 Å². The molecule has 3 amide bonds. The van der Waals surface area contributed by atoms with Crippen LogP contribution in [0.3, 0.4) is 0 Å². The molecular weight excluding hydrogens is 429 g/mol. The van der Waals surface area contributed by atoms with Crippen LogP contribution >= 0.6 is 0 Å². The van der Waals surface area contributed by atoms with E-state index < -0.39 is 11.7 Å². The van der Waals surface area contributed by atoms with Crippen molar-refractivity contribution in [3.63, 3.8) is 0 Å². The van der Waals surface area contributed by atoms with Gasteiger partial charge in [0.25, 0.3) is 5.91 Å². The Bertz CT molecular complexity index is 916. The molecule has 0 aliphatic carbocycles. The van der Waals surface area contributed by atoms with Crippen molar-refractivity contribution in [2.24, 2.45) is 0 Å². The third kappa shape index (κ3) is 8.75. The number of fused-ring (bicyclic) bond motifs is 1. The molecule has 1 aliphatic rings. The molecule has 1 aromatic rings. The fraction of sp³-hybridized carbons (Fsp3) is 0.542. The third-order valence-corrected chi connectivity index (χ3v) is 4.53. The highest BCUT2D eigenvalue weighted by atomic mass is 19.1. The van der Waals surface area contributed by atoms with Crippen LogP contribution in [0.4, 0.5) is 9.18 Å². The minimum Gasteiger partial charge on any atom is -0.489 e. The summed E-state index contributed by atoms with van der Waals surface area (Å²) in [5, 5.41) is 5.34. The summed E-state index contributed by atoms with van der Waals surface area (Å²) in [6.45, 7) is 11.2. The first kappa shape index (κ1) is 26.2. The average Bonchev–Trinajstić information content (AvgIpc) is 2.67. The topological polar surface area (TPSA) is 97.0 Å². The van der Waals surface area contributed by atoms with Crippen LogP contribution in [0.5, 0.6) is 5.75 Å². The summed E-state index contributed by atoms with van der Waals surface area (Å²) in [7, 11) is 0. The van der Waals surface area contributed by atoms with Crippen molar-refractivity contribution in [2.75, 3.05) is 26.2 Å². The van der Waals surface area contributed by atoms with Crippen molar-refractivity contribution in [1.82, 2.24) is 15.5 Å². The first-order valence-corrected chi connectivity index (χ1v) is 10.9. The zero-order valence-electron chi connectivity index (χ0n) is 20.2. The molecule has 0 saturated carbocycles. The molecule has 2 rings (SSSR count). The van der Waals surface area contributed by atoms with E-state index in [9.17, 15) is 18.8 Å². The number of nitrogens with zero attached hydrogens (tertiary/aromatic N) is 1. The molecule has 33 heavy (non-hydrogen) atoms. The molecule has 1 aliphatic heterocycles. The second-order valence-electron chi connectivity index (χ2n) is 10.0. The molecule has 9 heteroatoms. The summed E-state index contributed by atoms with van der Waals surface area (Å²) in [4.78, 5) is 38.2. The Hall–Kier alpha value is -3.10. The monoisotopic (exact) mass is 463 g/mol. The number of hydrogen-bond donors (Lipinski definition) is 2. The number of nitrogens with one attached hydrogen (secondary N) is 2. The number of carbonyl (C=O) groups excluding carboxylic acids is 3. The zero-order valence-corrected chi connectivity index (χ0v) is 20.2. The van der Waals surface area contributed by atoms with Gasteiger partial charge >= 0.3 is 6.09 Å². The lowest BCUT2D eigenvalue weighted by Crippen LogP contribution is -2.48. The molecule has 0 bridgehead atoms. The van der Waals surface area contributed by atoms with Crippen molar-refractivity contribution in [2.45, 2.75) is 59.1 Å². The molecule has 2 N–H and O–H groups in total. The standard InChI is InChI=1S/C24H34FN3O5/c1-23(2,3)27-20(29)14-28-10-9-17-11-18(7-8-19(17)21(28)30)32-15-16(12-25)13-26-22(31)33-24(4,5)6/h7-8,11-12H,9-10,13-15H2,1-6H3,(H,26,31)(H,27,29)/b16-12+. The van der Waals surface area contributed by atoms with Crippen molar-refractivity contribution in [3.8, 4) is 5.75 Å². The largest absolute Gasteiger partial charge is 0.489 e. The van der Waals surface area contributed by atoms with Gasteiger partial charge in [0.05, 0.1) is 12.9 Å². The molecule has 0 radical (unpaired) electrons. The number of rotatable bonds is 7. The van der Waals surface area contributed by atoms with Gasteiger partial charge < -0.3 is 25.0 Å². The van der Waals surface area contributed by atoms with Crippen LogP contribution in [0, 0.1) is 0 Å². The van der Waals surface area contributed by atoms with Gasteiger partial charge in [0.15, 0.2) is 0 Å². The molecule has 0 fully saturated rings. The fourth-order valence-corrected chi connectivity index (χ4v) is 3.18. The Balaban J connectivity index is 1.92. The average molecular weight is 464 g/mol. The Labute approximate surface area is 194 Å². The fourth-order valence-electron chi connectivity index (χ4n) is 3.18. The molecule has 0 saturated heterocycles. The van der Waals surface area contributed by atoms with E-state index >= 15 is 0 Å². The zero-order chi connectivity index (χ0) is 24.8. The predicted molar refractivity (Wildman–Crippen MR) is 123 cm³/mol. The molecule has 0 atom stereocenters. The molecule has 8 nitrogen and oxygen atoms in total. The summed E-state index contributed by atoms with van der Waals surface area (Å²) >= 11 is 0. The first-order valence-electron chi connectivity index (χ1n) is 10.9. The maximum atomic E-state index is 13.2. The maximum Gasteiger partial charge on any atom is 0.407 e. The van der Waals surface area contributed by atoms with E-state index in [0.29, 0.717) is 30.6 Å². The summed E-state index contributed by atoms with van der Waals surface area (Å²) in [6, 6.07) is 5.03. The Morgan fingerprint density at radius 1 is 1.18 bits per heavy atom. The van der Waals surface area contributed by atoms with Crippen LogP contribution < -0.4 is 15.4 Å². The number of carbonyl (C=O) groups is 3. The van der Waals surface area contributed by atoms with Crippen LogP contribution in [0.2, 0.25) is 0 Å². The van der Waals surface area contributed by atoms with Gasteiger partial charge in [-0.2, -0.15) is 0 Å². The van der Waals surface area contributed by atoms with Crippen LogP contribution in [0.15, 0.2) is 30.1 Å². The first-order chi connectivity index (χ1) is 15.3. The van der Waals surface area contributed by atoms with E-state index in [0.717, 1.165) is 5.56 Å². The smallest absolute Gasteiger partial charge is 0.407 e. The molecular formula is C24H34FN3O5. The van der Waals surface area contributed by atoms with E-state index in [1.807, 2.05) is 20.8 Å². The van der Waals surface area contributed by atoms with E-state index in [-0.39, 0.29) is 42.6 Å². The van der Waals surface area contributed by atoms with Crippen LogP contribution in [0.1, 0.15) is 57.5 Å². The molecule has 182 valence electrons. The molecule has 1 aromatic carbocycles. The van der Waals surface area contributed by atoms with Gasteiger partial charge in [-0.25, -0.2) is 9.18 Å². The van der Waals surface area contributed by atoms with Gasteiger partial charge in [-0.15, -0.1) is 0 Å². The minimum absolute atomic E-state index is 0.00307. The van der Waals surface area contributed by atoms with Gasteiger partial charge in [0.1, 0.15) is 18.0 Å². The van der Waals surface area contributed by atoms with Crippen LogP contribution in [0.25, 0.3) is 0 Å². The number of halogens is 1. The maximum absolute atomic E-state index is 13.2. The summed E-state index contributed by atoms with van der Waals surface area (Å²) in [5.41, 5.74) is 0.542. The van der Waals surface area contributed by atoms with Crippen LogP contribution in [-0.2, 0) is 16.0 Å². The second-order valence-corrected chi connectivity index (χ2v) is 10.0. The van der Waals surface area contributed by atoms with E-state index in [1.54, 1.807) is 39.0 Å². The Morgan fingerprint density at radius 3 is 2.48 bits per heavy atom. The predicted octanol–water partition coefficient (Wildman–Crippen LogP) is 3.36. The molecule has 1 heterocycles. The lowest BCUT2D eigenvalue weighted by Gasteiger charge is -2.30. The van der Waals surface area contributed by atoms with Crippen LogP contribution in [-0.4, -0.2) is 60.2 Å². The van der Waals surface area contributed by atoms with Gasteiger partial charge in [-0.05, 0) is 71.7 Å². The van der Waals surface area contributed by atoms with E-state index in [1.165, 1.54) is 4.90 Å². The van der Waals surface area contributed by atoms with Gasteiger partial charge in [0, 0.05) is 29.8 Å². The van der Waals surface area contributed by atoms with Crippen molar-refractivity contribution in [1.29, 1.82) is 0 Å². The van der Waals surface area contributed by atoms with Gasteiger partial charge in [-0.1, -0.05) is 0 Å². The SMILES string of the molecule is CC(C)(C)NC(=O)CN1CCc2cc(OC/C(=C/F)CNC(=O)OC(C)(C)C)ccc2C1=O.